The van der Waals surface area contributed by atoms with E-state index in [1.807, 2.05) is 0 Å². The van der Waals surface area contributed by atoms with Gasteiger partial charge >= 0.3 is 0 Å². The van der Waals surface area contributed by atoms with E-state index in [-0.39, 0.29) is 9.92 Å². The standard InChI is InChI=1S/C11H11ClFN3O2S/c1-7-5-11(16(2)14-7)15-19(17,18)8-3-4-10(13)9(12)6-8/h3-6,15H,1-2H3. The first-order valence-electron chi connectivity index (χ1n) is 5.28. The van der Waals surface area contributed by atoms with Gasteiger partial charge in [0.25, 0.3) is 10.0 Å². The number of hydrogen-bond donors (Lipinski definition) is 1. The zero-order chi connectivity index (χ0) is 14.2. The summed E-state index contributed by atoms with van der Waals surface area (Å²) in [6.45, 7) is 1.74. The Kier molecular flexibility index (Phi) is 3.51. The molecule has 19 heavy (non-hydrogen) atoms. The van der Waals surface area contributed by atoms with Crippen LogP contribution >= 0.6 is 11.6 Å². The Labute approximate surface area is 115 Å². The van der Waals surface area contributed by atoms with Gasteiger partial charge in [-0.3, -0.25) is 9.40 Å². The van der Waals surface area contributed by atoms with Crippen LogP contribution in [-0.4, -0.2) is 18.2 Å². The van der Waals surface area contributed by atoms with Crippen molar-refractivity contribution >= 4 is 27.4 Å². The second kappa shape index (κ2) is 4.82. The highest BCUT2D eigenvalue weighted by molar-refractivity contribution is 7.92. The average molecular weight is 304 g/mol. The summed E-state index contributed by atoms with van der Waals surface area (Å²) in [6.07, 6.45) is 0. The lowest BCUT2D eigenvalue weighted by Gasteiger charge is -2.08. The summed E-state index contributed by atoms with van der Waals surface area (Å²) < 4.78 is 41.0. The molecule has 1 heterocycles. The zero-order valence-electron chi connectivity index (χ0n) is 10.2. The second-order valence-corrected chi connectivity index (χ2v) is 6.07. The molecule has 1 aromatic heterocycles. The Morgan fingerprint density at radius 1 is 1.37 bits per heavy atom. The highest BCUT2D eigenvalue weighted by Crippen LogP contribution is 2.21. The van der Waals surface area contributed by atoms with Crippen molar-refractivity contribution in [2.24, 2.45) is 7.05 Å². The van der Waals surface area contributed by atoms with Crippen LogP contribution in [0.1, 0.15) is 5.69 Å². The molecule has 2 rings (SSSR count). The van der Waals surface area contributed by atoms with Gasteiger partial charge in [0.15, 0.2) is 0 Å². The van der Waals surface area contributed by atoms with Gasteiger partial charge < -0.3 is 0 Å². The second-order valence-electron chi connectivity index (χ2n) is 3.98. The quantitative estimate of drug-likeness (QED) is 0.946. The normalized spacial score (nSPS) is 11.6. The topological polar surface area (TPSA) is 64.0 Å². The molecular formula is C11H11ClFN3O2S. The monoisotopic (exact) mass is 303 g/mol. The zero-order valence-corrected chi connectivity index (χ0v) is 11.8. The van der Waals surface area contributed by atoms with Gasteiger partial charge in [-0.25, -0.2) is 12.8 Å². The minimum absolute atomic E-state index is 0.113. The fourth-order valence-electron chi connectivity index (χ4n) is 1.55. The molecule has 8 heteroatoms. The minimum Gasteiger partial charge on any atom is -0.264 e. The van der Waals surface area contributed by atoms with E-state index in [0.717, 1.165) is 18.2 Å². The van der Waals surface area contributed by atoms with Crippen LogP contribution in [0.25, 0.3) is 0 Å². The molecule has 0 amide bonds. The van der Waals surface area contributed by atoms with E-state index >= 15 is 0 Å². The molecule has 0 atom stereocenters. The van der Waals surface area contributed by atoms with Gasteiger partial charge in [0, 0.05) is 13.1 Å². The van der Waals surface area contributed by atoms with Crippen molar-refractivity contribution in [2.75, 3.05) is 4.72 Å². The maximum Gasteiger partial charge on any atom is 0.263 e. The summed E-state index contributed by atoms with van der Waals surface area (Å²) in [4.78, 5) is -0.113. The summed E-state index contributed by atoms with van der Waals surface area (Å²) >= 11 is 5.57. The molecule has 102 valence electrons. The third-order valence-corrected chi connectivity index (χ3v) is 4.08. The molecule has 0 bridgehead atoms. The SMILES string of the molecule is Cc1cc(NS(=O)(=O)c2ccc(F)c(Cl)c2)n(C)n1. The molecule has 0 aliphatic carbocycles. The summed E-state index contributed by atoms with van der Waals surface area (Å²) in [7, 11) is -2.21. The van der Waals surface area contributed by atoms with Crippen molar-refractivity contribution in [2.45, 2.75) is 11.8 Å². The number of hydrogen-bond acceptors (Lipinski definition) is 3. The summed E-state index contributed by atoms with van der Waals surface area (Å²) in [6, 6.07) is 4.79. The molecule has 2 aromatic rings. The Balaban J connectivity index is 2.37. The summed E-state index contributed by atoms with van der Waals surface area (Å²) in [5.41, 5.74) is 0.678. The highest BCUT2D eigenvalue weighted by Gasteiger charge is 2.17. The van der Waals surface area contributed by atoms with Gasteiger partial charge in [0.2, 0.25) is 0 Å². The molecule has 0 radical (unpaired) electrons. The molecule has 0 unspecified atom stereocenters. The Morgan fingerprint density at radius 3 is 2.58 bits per heavy atom. The van der Waals surface area contributed by atoms with Gasteiger partial charge in [0.05, 0.1) is 15.6 Å². The number of anilines is 1. The first-order chi connectivity index (χ1) is 8.79. The van der Waals surface area contributed by atoms with Crippen molar-refractivity contribution in [3.8, 4) is 0 Å². The molecule has 0 spiro atoms. The number of nitrogens with zero attached hydrogens (tertiary/aromatic N) is 2. The van der Waals surface area contributed by atoms with Crippen molar-refractivity contribution < 1.29 is 12.8 Å². The van der Waals surface area contributed by atoms with Crippen molar-refractivity contribution in [3.05, 3.63) is 40.8 Å². The largest absolute Gasteiger partial charge is 0.264 e. The van der Waals surface area contributed by atoms with E-state index in [9.17, 15) is 12.8 Å². The lowest BCUT2D eigenvalue weighted by molar-refractivity contribution is 0.598. The molecule has 0 aliphatic heterocycles. The molecule has 1 aromatic carbocycles. The van der Waals surface area contributed by atoms with Gasteiger partial charge in [0.1, 0.15) is 11.6 Å². The number of aromatic nitrogens is 2. The predicted octanol–water partition coefficient (Wildman–Crippen LogP) is 2.32. The van der Waals surface area contributed by atoms with Crippen molar-refractivity contribution in [1.82, 2.24) is 9.78 Å². The van der Waals surface area contributed by atoms with E-state index in [1.165, 1.54) is 4.68 Å². The smallest absolute Gasteiger partial charge is 0.263 e. The van der Waals surface area contributed by atoms with Crippen LogP contribution in [0.15, 0.2) is 29.2 Å². The van der Waals surface area contributed by atoms with Gasteiger partial charge in [-0.15, -0.1) is 0 Å². The molecule has 1 N–H and O–H groups in total. The number of aryl methyl sites for hydroxylation is 2. The van der Waals surface area contributed by atoms with Crippen LogP contribution in [0.2, 0.25) is 5.02 Å². The molecule has 0 fully saturated rings. The van der Waals surface area contributed by atoms with Crippen LogP contribution in [0, 0.1) is 12.7 Å². The Bertz CT molecular complexity index is 728. The number of rotatable bonds is 3. The Morgan fingerprint density at radius 2 is 2.05 bits per heavy atom. The maximum atomic E-state index is 13.0. The molecule has 0 saturated heterocycles. The molecule has 0 aliphatic rings. The van der Waals surface area contributed by atoms with Crippen LogP contribution < -0.4 is 4.72 Å². The van der Waals surface area contributed by atoms with Crippen LogP contribution in [0.5, 0.6) is 0 Å². The number of sulfonamides is 1. The predicted molar refractivity (Wildman–Crippen MR) is 70.2 cm³/mol. The van der Waals surface area contributed by atoms with Crippen molar-refractivity contribution in [1.29, 1.82) is 0 Å². The van der Waals surface area contributed by atoms with Crippen molar-refractivity contribution in [3.63, 3.8) is 0 Å². The fraction of sp³-hybridized carbons (Fsp3) is 0.182. The summed E-state index contributed by atoms with van der Waals surface area (Å²) in [5, 5.41) is 3.78. The van der Waals surface area contributed by atoms with Gasteiger partial charge in [-0.1, -0.05) is 11.6 Å². The van der Waals surface area contributed by atoms with Gasteiger partial charge in [-0.2, -0.15) is 5.10 Å². The maximum absolute atomic E-state index is 13.0. The first kappa shape index (κ1) is 13.8. The third kappa shape index (κ3) is 2.87. The van der Waals surface area contributed by atoms with E-state index in [4.69, 9.17) is 11.6 Å². The van der Waals surface area contributed by atoms with E-state index < -0.39 is 15.8 Å². The Hall–Kier alpha value is -1.60. The molecular weight excluding hydrogens is 293 g/mol. The third-order valence-electron chi connectivity index (χ3n) is 2.44. The number of halogens is 2. The lowest BCUT2D eigenvalue weighted by Crippen LogP contribution is -2.15. The van der Waals surface area contributed by atoms with Crippen LogP contribution in [-0.2, 0) is 17.1 Å². The lowest BCUT2D eigenvalue weighted by atomic mass is 10.3. The van der Waals surface area contributed by atoms with Crippen LogP contribution in [0.4, 0.5) is 10.2 Å². The minimum atomic E-state index is -3.82. The summed E-state index contributed by atoms with van der Waals surface area (Å²) in [5.74, 6) is -0.352. The molecule has 5 nitrogen and oxygen atoms in total. The van der Waals surface area contributed by atoms with Crippen LogP contribution in [0.3, 0.4) is 0 Å². The fourth-order valence-corrected chi connectivity index (χ4v) is 2.90. The van der Waals surface area contributed by atoms with Gasteiger partial charge in [-0.05, 0) is 25.1 Å². The van der Waals surface area contributed by atoms with E-state index in [1.54, 1.807) is 20.0 Å². The first-order valence-corrected chi connectivity index (χ1v) is 7.14. The number of nitrogens with one attached hydrogen (secondary N) is 1. The highest BCUT2D eigenvalue weighted by atomic mass is 35.5. The number of benzene rings is 1. The average Bonchev–Trinajstić information content (AvgIpc) is 2.60. The molecule has 0 saturated carbocycles. The van der Waals surface area contributed by atoms with E-state index in [0.29, 0.717) is 11.5 Å². The van der Waals surface area contributed by atoms with E-state index in [2.05, 4.69) is 9.82 Å².